The third-order valence-electron chi connectivity index (χ3n) is 3.12. The smallest absolute Gasteiger partial charge is 0.320 e. The standard InChI is InChI=1S/C16H13NO4S/c1-20-13-7-5-6-12(10-13)15-11-17-16(21-15)22(18,19)14-8-3-2-4-9-14/h2-11H,1H3. The van der Waals surface area contributed by atoms with Crippen molar-refractivity contribution in [3.05, 3.63) is 60.8 Å². The lowest BCUT2D eigenvalue weighted by Gasteiger charge is -2.01. The van der Waals surface area contributed by atoms with Gasteiger partial charge < -0.3 is 9.15 Å². The normalized spacial score (nSPS) is 11.3. The van der Waals surface area contributed by atoms with E-state index < -0.39 is 9.84 Å². The van der Waals surface area contributed by atoms with Gasteiger partial charge in [-0.15, -0.1) is 0 Å². The molecule has 22 heavy (non-hydrogen) atoms. The molecule has 5 nitrogen and oxygen atoms in total. The van der Waals surface area contributed by atoms with Gasteiger partial charge in [-0.2, -0.15) is 0 Å². The zero-order valence-electron chi connectivity index (χ0n) is 11.8. The molecule has 0 aliphatic rings. The third kappa shape index (κ3) is 2.60. The Morgan fingerprint density at radius 2 is 1.82 bits per heavy atom. The van der Waals surface area contributed by atoms with E-state index in [0.717, 1.165) is 0 Å². The number of benzene rings is 2. The highest BCUT2D eigenvalue weighted by Gasteiger charge is 2.23. The number of hydrogen-bond donors (Lipinski definition) is 0. The van der Waals surface area contributed by atoms with E-state index in [2.05, 4.69) is 4.98 Å². The molecule has 1 aromatic heterocycles. The monoisotopic (exact) mass is 315 g/mol. The summed E-state index contributed by atoms with van der Waals surface area (Å²) < 4.78 is 35.4. The molecule has 0 unspecified atom stereocenters. The van der Waals surface area contributed by atoms with Crippen molar-refractivity contribution in [2.45, 2.75) is 10.1 Å². The van der Waals surface area contributed by atoms with Crippen LogP contribution in [0.1, 0.15) is 0 Å². The van der Waals surface area contributed by atoms with Crippen LogP contribution in [-0.4, -0.2) is 20.5 Å². The molecule has 6 heteroatoms. The van der Waals surface area contributed by atoms with E-state index >= 15 is 0 Å². The van der Waals surface area contributed by atoms with Gasteiger partial charge in [-0.1, -0.05) is 30.3 Å². The molecule has 0 N–H and O–H groups in total. The molecule has 0 saturated carbocycles. The van der Waals surface area contributed by atoms with Crippen molar-refractivity contribution in [1.29, 1.82) is 0 Å². The Bertz CT molecular complexity index is 885. The van der Waals surface area contributed by atoms with Gasteiger partial charge in [-0.25, -0.2) is 13.4 Å². The summed E-state index contributed by atoms with van der Waals surface area (Å²) >= 11 is 0. The van der Waals surface area contributed by atoms with Crippen LogP contribution >= 0.6 is 0 Å². The maximum Gasteiger partial charge on any atom is 0.320 e. The SMILES string of the molecule is COc1cccc(-c2cnc(S(=O)(=O)c3ccccc3)o2)c1. The number of hydrogen-bond acceptors (Lipinski definition) is 5. The predicted octanol–water partition coefficient (Wildman–Crippen LogP) is 3.18. The van der Waals surface area contributed by atoms with Gasteiger partial charge in [0, 0.05) is 5.56 Å². The lowest BCUT2D eigenvalue weighted by atomic mass is 10.2. The Morgan fingerprint density at radius 3 is 2.55 bits per heavy atom. The predicted molar refractivity (Wildman–Crippen MR) is 80.4 cm³/mol. The van der Waals surface area contributed by atoms with Gasteiger partial charge in [0.1, 0.15) is 5.75 Å². The van der Waals surface area contributed by atoms with Crippen LogP contribution in [0.25, 0.3) is 11.3 Å². The van der Waals surface area contributed by atoms with Gasteiger partial charge >= 0.3 is 5.22 Å². The maximum atomic E-state index is 12.4. The van der Waals surface area contributed by atoms with Crippen LogP contribution in [0.15, 0.2) is 75.3 Å². The van der Waals surface area contributed by atoms with E-state index in [0.29, 0.717) is 17.1 Å². The molecule has 0 aliphatic carbocycles. The fourth-order valence-electron chi connectivity index (χ4n) is 1.99. The average molecular weight is 315 g/mol. The number of ether oxygens (including phenoxy) is 1. The van der Waals surface area contributed by atoms with E-state index in [1.807, 2.05) is 0 Å². The highest BCUT2D eigenvalue weighted by molar-refractivity contribution is 7.91. The minimum absolute atomic E-state index is 0.147. The molecule has 2 aromatic carbocycles. The Balaban J connectivity index is 2.00. The zero-order valence-corrected chi connectivity index (χ0v) is 12.6. The molecule has 3 rings (SSSR count). The molecule has 1 heterocycles. The number of rotatable bonds is 4. The fourth-order valence-corrected chi connectivity index (χ4v) is 3.10. The Hall–Kier alpha value is -2.60. The van der Waals surface area contributed by atoms with Crippen molar-refractivity contribution >= 4 is 9.84 Å². The molecule has 0 bridgehead atoms. The lowest BCUT2D eigenvalue weighted by Crippen LogP contribution is -2.01. The van der Waals surface area contributed by atoms with Crippen LogP contribution < -0.4 is 4.74 Å². The molecule has 0 fully saturated rings. The second-order valence-electron chi connectivity index (χ2n) is 4.54. The largest absolute Gasteiger partial charge is 0.497 e. The zero-order chi connectivity index (χ0) is 15.6. The minimum atomic E-state index is -3.75. The van der Waals surface area contributed by atoms with Gasteiger partial charge in [0.25, 0.3) is 9.84 Å². The highest BCUT2D eigenvalue weighted by Crippen LogP contribution is 2.27. The van der Waals surface area contributed by atoms with Crippen molar-refractivity contribution in [2.75, 3.05) is 7.11 Å². The Kier molecular flexibility index (Phi) is 3.68. The first-order valence-electron chi connectivity index (χ1n) is 6.51. The number of nitrogens with zero attached hydrogens (tertiary/aromatic N) is 1. The second-order valence-corrected chi connectivity index (χ2v) is 6.37. The summed E-state index contributed by atoms with van der Waals surface area (Å²) in [6.07, 6.45) is 1.39. The maximum absolute atomic E-state index is 12.4. The van der Waals surface area contributed by atoms with Crippen LogP contribution in [0.4, 0.5) is 0 Å². The van der Waals surface area contributed by atoms with Gasteiger partial charge in [-0.3, -0.25) is 0 Å². The third-order valence-corrected chi connectivity index (χ3v) is 4.66. The van der Waals surface area contributed by atoms with E-state index in [9.17, 15) is 8.42 Å². The first kappa shape index (κ1) is 14.3. The van der Waals surface area contributed by atoms with Gasteiger partial charge in [0.05, 0.1) is 18.2 Å². The van der Waals surface area contributed by atoms with Gasteiger partial charge in [0.15, 0.2) is 5.76 Å². The summed E-state index contributed by atoms with van der Waals surface area (Å²) in [7, 11) is -2.19. The lowest BCUT2D eigenvalue weighted by molar-refractivity contribution is 0.414. The number of oxazole rings is 1. The molecule has 0 atom stereocenters. The summed E-state index contributed by atoms with van der Waals surface area (Å²) in [5.74, 6) is 1.02. The summed E-state index contributed by atoms with van der Waals surface area (Å²) in [5.41, 5.74) is 0.696. The molecule has 0 aliphatic heterocycles. The molecule has 112 valence electrons. The number of sulfone groups is 1. The topological polar surface area (TPSA) is 69.4 Å². The van der Waals surface area contributed by atoms with Crippen molar-refractivity contribution in [2.24, 2.45) is 0 Å². The van der Waals surface area contributed by atoms with Crippen molar-refractivity contribution < 1.29 is 17.6 Å². The molecular weight excluding hydrogens is 302 g/mol. The van der Waals surface area contributed by atoms with Crippen LogP contribution in [0.3, 0.4) is 0 Å². The fraction of sp³-hybridized carbons (Fsp3) is 0.0625. The molecular formula is C16H13NO4S. The minimum Gasteiger partial charge on any atom is -0.497 e. The van der Waals surface area contributed by atoms with Crippen LogP contribution in [0.2, 0.25) is 0 Å². The highest BCUT2D eigenvalue weighted by atomic mass is 32.2. The van der Waals surface area contributed by atoms with Crippen LogP contribution in [0.5, 0.6) is 5.75 Å². The molecule has 0 amide bonds. The first-order valence-corrected chi connectivity index (χ1v) is 8.00. The van der Waals surface area contributed by atoms with E-state index in [1.54, 1.807) is 49.6 Å². The quantitative estimate of drug-likeness (QED) is 0.739. The summed E-state index contributed by atoms with van der Waals surface area (Å²) in [4.78, 5) is 4.05. The number of aromatic nitrogens is 1. The Morgan fingerprint density at radius 1 is 1.05 bits per heavy atom. The van der Waals surface area contributed by atoms with E-state index in [1.165, 1.54) is 18.3 Å². The van der Waals surface area contributed by atoms with Gasteiger partial charge in [0.2, 0.25) is 0 Å². The van der Waals surface area contributed by atoms with Crippen molar-refractivity contribution in [3.8, 4) is 17.1 Å². The van der Waals surface area contributed by atoms with Crippen molar-refractivity contribution in [3.63, 3.8) is 0 Å². The van der Waals surface area contributed by atoms with E-state index in [-0.39, 0.29) is 10.1 Å². The molecule has 0 radical (unpaired) electrons. The molecule has 3 aromatic rings. The van der Waals surface area contributed by atoms with Crippen LogP contribution in [-0.2, 0) is 9.84 Å². The van der Waals surface area contributed by atoms with E-state index in [4.69, 9.17) is 9.15 Å². The summed E-state index contributed by atoms with van der Waals surface area (Å²) in [6, 6.07) is 15.2. The second kappa shape index (κ2) is 5.65. The molecule has 0 saturated heterocycles. The first-order chi connectivity index (χ1) is 10.6. The summed E-state index contributed by atoms with van der Waals surface area (Å²) in [5, 5.41) is -0.323. The van der Waals surface area contributed by atoms with Crippen LogP contribution in [0, 0.1) is 0 Å². The Labute approximate surface area is 128 Å². The van der Waals surface area contributed by atoms with Crippen molar-refractivity contribution in [1.82, 2.24) is 4.98 Å². The summed E-state index contributed by atoms with van der Waals surface area (Å²) in [6.45, 7) is 0. The van der Waals surface area contributed by atoms with Gasteiger partial charge in [-0.05, 0) is 24.3 Å². The number of methoxy groups -OCH3 is 1. The molecule has 0 spiro atoms. The average Bonchev–Trinajstić information content (AvgIpc) is 3.06.